The molecule has 80 valence electrons. The Balaban J connectivity index is 4.00. The zero-order valence-corrected chi connectivity index (χ0v) is 10.6. The molecule has 0 aromatic rings. The zero-order valence-electron chi connectivity index (χ0n) is 7.45. The van der Waals surface area contributed by atoms with Crippen LogP contribution in [-0.2, 0) is 19.1 Å². The van der Waals surface area contributed by atoms with Crippen molar-refractivity contribution in [2.24, 2.45) is 0 Å². The molecule has 0 saturated carbocycles. The second-order valence-electron chi connectivity index (χ2n) is 2.32. The molecule has 0 radical (unpaired) electrons. The van der Waals surface area contributed by atoms with Gasteiger partial charge in [0.2, 0.25) is 0 Å². The van der Waals surface area contributed by atoms with Crippen molar-refractivity contribution in [1.29, 1.82) is 0 Å². The van der Waals surface area contributed by atoms with Crippen molar-refractivity contribution in [3.8, 4) is 0 Å². The summed E-state index contributed by atoms with van der Waals surface area (Å²) in [5, 5.41) is 0. The van der Waals surface area contributed by atoms with E-state index in [0.717, 1.165) is 0 Å². The molecule has 0 bridgehead atoms. The number of esters is 2. The van der Waals surface area contributed by atoms with E-state index in [2.05, 4.69) is 41.3 Å². The molecule has 0 N–H and O–H groups in total. The molecular formula is C7H8Br2O5. The molecule has 0 aliphatic heterocycles. The summed E-state index contributed by atoms with van der Waals surface area (Å²) in [7, 11) is 0. The molecule has 0 spiro atoms. The number of hydrogen-bond donors (Lipinski definition) is 0. The number of rotatable bonds is 2. The molecule has 0 fully saturated rings. The average molecular weight is 332 g/mol. The summed E-state index contributed by atoms with van der Waals surface area (Å²) in [4.78, 5) is 31.1. The van der Waals surface area contributed by atoms with E-state index in [0.29, 0.717) is 0 Å². The zero-order chi connectivity index (χ0) is 11.3. The first-order valence-corrected chi connectivity index (χ1v) is 5.43. The van der Waals surface area contributed by atoms with Crippen molar-refractivity contribution in [2.75, 3.05) is 0 Å². The van der Waals surface area contributed by atoms with Crippen molar-refractivity contribution in [3.63, 3.8) is 0 Å². The van der Waals surface area contributed by atoms with Gasteiger partial charge < -0.3 is 9.47 Å². The molecule has 7 heteroatoms. The Morgan fingerprint density at radius 2 is 1.21 bits per heavy atom. The number of ether oxygens (including phenoxy) is 2. The van der Waals surface area contributed by atoms with Gasteiger partial charge in [-0.25, -0.2) is 4.79 Å². The van der Waals surface area contributed by atoms with Crippen molar-refractivity contribution in [2.45, 2.75) is 23.5 Å². The number of hydrogen-bond acceptors (Lipinski definition) is 5. The predicted molar refractivity (Wildman–Crippen MR) is 54.4 cm³/mol. The molecule has 0 saturated heterocycles. The number of carbonyl (C=O) groups is 3. The molecule has 2 unspecified atom stereocenters. The van der Waals surface area contributed by atoms with Crippen molar-refractivity contribution < 1.29 is 23.9 Å². The molecule has 0 rings (SSSR count). The van der Waals surface area contributed by atoms with Crippen LogP contribution in [0.5, 0.6) is 0 Å². The van der Waals surface area contributed by atoms with E-state index < -0.39 is 27.7 Å². The van der Waals surface area contributed by atoms with Crippen LogP contribution in [0, 0.1) is 0 Å². The summed E-state index contributed by atoms with van der Waals surface area (Å²) in [5.41, 5.74) is 0. The second-order valence-corrected chi connectivity index (χ2v) is 5.07. The standard InChI is InChI=1S/C7H8Br2O5/c1-3(8)5(10)13-7(12)14-6(11)4(2)9/h3-4H,1-2H3. The lowest BCUT2D eigenvalue weighted by Crippen LogP contribution is -2.24. The highest BCUT2D eigenvalue weighted by Gasteiger charge is 2.21. The first-order chi connectivity index (χ1) is 6.34. The van der Waals surface area contributed by atoms with E-state index in [9.17, 15) is 14.4 Å². The molecule has 0 aromatic carbocycles. The third-order valence-corrected chi connectivity index (χ3v) is 1.77. The highest BCUT2D eigenvalue weighted by atomic mass is 79.9. The minimum absolute atomic E-state index is 0.633. The molecular weight excluding hydrogens is 324 g/mol. The van der Waals surface area contributed by atoms with Gasteiger partial charge in [0, 0.05) is 0 Å². The Morgan fingerprint density at radius 1 is 0.929 bits per heavy atom. The van der Waals surface area contributed by atoms with E-state index in [1.807, 2.05) is 0 Å². The quantitative estimate of drug-likeness (QED) is 0.438. The number of alkyl halides is 2. The second kappa shape index (κ2) is 6.13. The fourth-order valence-electron chi connectivity index (χ4n) is 0.347. The summed E-state index contributed by atoms with van der Waals surface area (Å²) in [6.45, 7) is 2.95. The van der Waals surface area contributed by atoms with Crippen LogP contribution < -0.4 is 0 Å². The van der Waals surface area contributed by atoms with Gasteiger partial charge in [0.05, 0.1) is 0 Å². The van der Waals surface area contributed by atoms with Gasteiger partial charge in [0.15, 0.2) is 0 Å². The van der Waals surface area contributed by atoms with E-state index in [1.54, 1.807) is 0 Å². The van der Waals surface area contributed by atoms with Gasteiger partial charge in [-0.05, 0) is 13.8 Å². The maximum Gasteiger partial charge on any atom is 0.524 e. The van der Waals surface area contributed by atoms with Crippen LogP contribution in [0.25, 0.3) is 0 Å². The summed E-state index contributed by atoms with van der Waals surface area (Å²) >= 11 is 5.77. The first kappa shape index (κ1) is 13.6. The Labute approximate surface area is 97.4 Å². The van der Waals surface area contributed by atoms with Crippen LogP contribution in [0.15, 0.2) is 0 Å². The van der Waals surface area contributed by atoms with Gasteiger partial charge in [0.25, 0.3) is 0 Å². The third-order valence-electron chi connectivity index (χ3n) is 1.02. The molecule has 0 aromatic heterocycles. The Hall–Kier alpha value is -0.430. The Kier molecular flexibility index (Phi) is 5.94. The lowest BCUT2D eigenvalue weighted by Gasteiger charge is -2.04. The SMILES string of the molecule is CC(Br)C(=O)OC(=O)OC(=O)C(C)Br. The van der Waals surface area contributed by atoms with Gasteiger partial charge in [-0.2, -0.15) is 0 Å². The summed E-state index contributed by atoms with van der Waals surface area (Å²) in [5.74, 6) is -1.63. The van der Waals surface area contributed by atoms with E-state index in [-0.39, 0.29) is 0 Å². The van der Waals surface area contributed by atoms with Crippen molar-refractivity contribution in [3.05, 3.63) is 0 Å². The minimum Gasteiger partial charge on any atom is -0.359 e. The van der Waals surface area contributed by atoms with Crippen molar-refractivity contribution >= 4 is 50.0 Å². The smallest absolute Gasteiger partial charge is 0.359 e. The molecule has 0 amide bonds. The van der Waals surface area contributed by atoms with Gasteiger partial charge >= 0.3 is 18.1 Å². The van der Waals surface area contributed by atoms with Crippen LogP contribution in [0.2, 0.25) is 0 Å². The third kappa shape index (κ3) is 5.33. The van der Waals surface area contributed by atoms with Crippen LogP contribution >= 0.6 is 31.9 Å². The fourth-order valence-corrected chi connectivity index (χ4v) is 0.534. The highest BCUT2D eigenvalue weighted by molar-refractivity contribution is 9.10. The maximum atomic E-state index is 10.8. The van der Waals surface area contributed by atoms with Gasteiger partial charge in [0.1, 0.15) is 9.65 Å². The number of carbonyl (C=O) groups excluding carboxylic acids is 3. The molecule has 5 nitrogen and oxygen atoms in total. The first-order valence-electron chi connectivity index (χ1n) is 3.60. The van der Waals surface area contributed by atoms with E-state index >= 15 is 0 Å². The van der Waals surface area contributed by atoms with E-state index in [4.69, 9.17) is 0 Å². The van der Waals surface area contributed by atoms with Crippen LogP contribution in [0.4, 0.5) is 4.79 Å². The molecule has 0 aliphatic carbocycles. The molecule has 0 heterocycles. The highest BCUT2D eigenvalue weighted by Crippen LogP contribution is 2.04. The molecule has 0 aliphatic rings. The average Bonchev–Trinajstić information content (AvgIpc) is 2.03. The fraction of sp³-hybridized carbons (Fsp3) is 0.571. The van der Waals surface area contributed by atoms with Crippen LogP contribution in [0.3, 0.4) is 0 Å². The topological polar surface area (TPSA) is 69.7 Å². The largest absolute Gasteiger partial charge is 0.524 e. The summed E-state index contributed by atoms with van der Waals surface area (Å²) in [6.07, 6.45) is -1.32. The molecule has 14 heavy (non-hydrogen) atoms. The number of halogens is 2. The van der Waals surface area contributed by atoms with Crippen molar-refractivity contribution in [1.82, 2.24) is 0 Å². The Morgan fingerprint density at radius 3 is 1.43 bits per heavy atom. The van der Waals surface area contributed by atoms with Gasteiger partial charge in [-0.3, -0.25) is 9.59 Å². The lowest BCUT2D eigenvalue weighted by atomic mass is 10.5. The van der Waals surface area contributed by atoms with Gasteiger partial charge in [-0.15, -0.1) is 0 Å². The monoisotopic (exact) mass is 330 g/mol. The van der Waals surface area contributed by atoms with Crippen LogP contribution in [-0.4, -0.2) is 27.7 Å². The maximum absolute atomic E-state index is 10.8. The normalized spacial score (nSPS) is 14.0. The van der Waals surface area contributed by atoms with Crippen LogP contribution in [0.1, 0.15) is 13.8 Å². The molecule has 2 atom stereocenters. The Bertz CT molecular complexity index is 224. The minimum atomic E-state index is -1.32. The summed E-state index contributed by atoms with van der Waals surface area (Å²) < 4.78 is 8.29. The van der Waals surface area contributed by atoms with E-state index in [1.165, 1.54) is 13.8 Å². The lowest BCUT2D eigenvalue weighted by molar-refractivity contribution is -0.145. The summed E-state index contributed by atoms with van der Waals surface area (Å²) in [6, 6.07) is 0. The predicted octanol–water partition coefficient (Wildman–Crippen LogP) is 1.76. The van der Waals surface area contributed by atoms with Gasteiger partial charge in [-0.1, -0.05) is 31.9 Å².